The molecule has 2 saturated heterocycles. The molecule has 0 saturated carbocycles. The van der Waals surface area contributed by atoms with Gasteiger partial charge in [0.25, 0.3) is 0 Å². The van der Waals surface area contributed by atoms with Gasteiger partial charge < -0.3 is 30.7 Å². The van der Waals surface area contributed by atoms with Crippen LogP contribution in [-0.2, 0) is 9.59 Å². The van der Waals surface area contributed by atoms with Crippen molar-refractivity contribution in [3.8, 4) is 5.88 Å². The topological polar surface area (TPSA) is 134 Å². The molecule has 230 valence electrons. The third kappa shape index (κ3) is 6.17. The first-order valence-electron chi connectivity index (χ1n) is 14.1. The number of carboxylic acids is 1. The molecule has 3 aliphatic rings. The van der Waals surface area contributed by atoms with E-state index in [1.165, 1.54) is 32.3 Å². The van der Waals surface area contributed by atoms with E-state index in [9.17, 15) is 27.9 Å². The molecule has 0 bridgehead atoms. The molecule has 4 N–H and O–H groups in total. The number of rotatable bonds is 7. The first-order chi connectivity index (χ1) is 20.3. The van der Waals surface area contributed by atoms with Crippen molar-refractivity contribution < 1.29 is 32.6 Å². The molecule has 3 unspecified atom stereocenters. The van der Waals surface area contributed by atoms with E-state index in [-0.39, 0.29) is 17.8 Å². The molecule has 1 aromatic carbocycles. The number of alkyl halides is 3. The number of benzene rings is 1. The van der Waals surface area contributed by atoms with Crippen LogP contribution in [0.25, 0.3) is 5.57 Å². The highest BCUT2D eigenvalue weighted by Gasteiger charge is 2.59. The van der Waals surface area contributed by atoms with Crippen LogP contribution in [0.5, 0.6) is 5.88 Å². The molecule has 43 heavy (non-hydrogen) atoms. The van der Waals surface area contributed by atoms with E-state index in [1.807, 2.05) is 35.2 Å². The Morgan fingerprint density at radius 2 is 1.88 bits per heavy atom. The number of anilines is 2. The van der Waals surface area contributed by atoms with Crippen LogP contribution in [0.3, 0.4) is 0 Å². The molecule has 1 spiro atoms. The lowest BCUT2D eigenvalue weighted by Crippen LogP contribution is -2.56. The van der Waals surface area contributed by atoms with E-state index in [1.54, 1.807) is 6.08 Å². The standard InChI is InChI=1S/C30H35F3N6O4/c1-38(2)26(42)29(10-8-20(9-11-29)19-6-4-3-5-7-19)25(30(31,32)33)43-23-16-22(36-27(34)37-23)39-14-12-28(13-15-39)17-21(24(40)41)35-18-28/h3-10,16,21,25,35H,11-15,17-18H2,1-2H3,(H,40,41)(H2,34,36,37). The first-order valence-corrected chi connectivity index (χ1v) is 14.1. The summed E-state index contributed by atoms with van der Waals surface area (Å²) in [7, 11) is 2.81. The number of carbonyl (C=O) groups is 2. The number of allylic oxidation sites excluding steroid dienone is 3. The van der Waals surface area contributed by atoms with E-state index in [4.69, 9.17) is 10.5 Å². The van der Waals surface area contributed by atoms with Gasteiger partial charge in [-0.25, -0.2) is 0 Å². The fourth-order valence-electron chi connectivity index (χ4n) is 6.30. The normalized spacial score (nSPS) is 24.0. The Labute approximate surface area is 247 Å². The Bertz CT molecular complexity index is 1420. The molecular weight excluding hydrogens is 565 g/mol. The number of carbonyl (C=O) groups excluding carboxylic acids is 1. The Hall–Kier alpha value is -4.13. The number of nitrogens with one attached hydrogen (secondary N) is 1. The molecule has 3 heterocycles. The predicted octanol–water partition coefficient (Wildman–Crippen LogP) is 3.52. The van der Waals surface area contributed by atoms with Gasteiger partial charge in [-0.15, -0.1) is 0 Å². The van der Waals surface area contributed by atoms with Gasteiger partial charge in [0.2, 0.25) is 23.8 Å². The zero-order valence-electron chi connectivity index (χ0n) is 24.0. The second-order valence-corrected chi connectivity index (χ2v) is 11.7. The van der Waals surface area contributed by atoms with Gasteiger partial charge in [0.05, 0.1) is 0 Å². The van der Waals surface area contributed by atoms with E-state index >= 15 is 0 Å². The number of piperidine rings is 1. The third-order valence-electron chi connectivity index (χ3n) is 8.65. The summed E-state index contributed by atoms with van der Waals surface area (Å²) in [4.78, 5) is 36.1. The molecule has 2 aliphatic heterocycles. The molecule has 2 fully saturated rings. The zero-order chi connectivity index (χ0) is 31.0. The SMILES string of the molecule is CN(C)C(=O)C1(C(Oc2cc(N3CCC4(CC3)CNC(C(=O)O)C4)nc(N)n2)C(F)(F)F)C=CC(c2ccccc2)=CC1. The van der Waals surface area contributed by atoms with Crippen molar-refractivity contribution in [3.05, 3.63) is 60.2 Å². The van der Waals surface area contributed by atoms with Crippen molar-refractivity contribution in [2.45, 2.75) is 44.0 Å². The van der Waals surface area contributed by atoms with Crippen LogP contribution < -0.4 is 20.7 Å². The number of amides is 1. The van der Waals surface area contributed by atoms with Crippen molar-refractivity contribution in [2.24, 2.45) is 10.8 Å². The summed E-state index contributed by atoms with van der Waals surface area (Å²) in [5.74, 6) is -1.99. The second-order valence-electron chi connectivity index (χ2n) is 11.7. The Morgan fingerprint density at radius 3 is 2.44 bits per heavy atom. The highest BCUT2D eigenvalue weighted by atomic mass is 19.4. The van der Waals surface area contributed by atoms with Gasteiger partial charge in [-0.1, -0.05) is 48.6 Å². The summed E-state index contributed by atoms with van der Waals surface area (Å²) in [6, 6.07) is 9.90. The molecule has 1 aromatic heterocycles. The lowest BCUT2D eigenvalue weighted by atomic mass is 9.73. The van der Waals surface area contributed by atoms with Gasteiger partial charge in [0.15, 0.2) is 0 Å². The van der Waals surface area contributed by atoms with Gasteiger partial charge in [-0.2, -0.15) is 23.1 Å². The maximum absolute atomic E-state index is 14.8. The number of nitrogen functional groups attached to an aromatic ring is 1. The largest absolute Gasteiger partial charge is 0.480 e. The van der Waals surface area contributed by atoms with Crippen molar-refractivity contribution in [2.75, 3.05) is 44.4 Å². The Kier molecular flexibility index (Phi) is 8.12. The van der Waals surface area contributed by atoms with Gasteiger partial charge >= 0.3 is 12.1 Å². The van der Waals surface area contributed by atoms with Gasteiger partial charge in [-0.05, 0) is 42.2 Å². The summed E-state index contributed by atoms with van der Waals surface area (Å²) in [6.45, 7) is 1.60. The predicted molar refractivity (Wildman–Crippen MR) is 154 cm³/mol. The average Bonchev–Trinajstić information content (AvgIpc) is 3.39. The molecule has 3 atom stereocenters. The van der Waals surface area contributed by atoms with E-state index in [2.05, 4.69) is 15.3 Å². The van der Waals surface area contributed by atoms with Crippen LogP contribution >= 0.6 is 0 Å². The number of ether oxygens (including phenoxy) is 1. The van der Waals surface area contributed by atoms with Gasteiger partial charge in [0.1, 0.15) is 17.3 Å². The quantitative estimate of drug-likeness (QED) is 0.437. The number of hydrogen-bond donors (Lipinski definition) is 3. The van der Waals surface area contributed by atoms with Crippen LogP contribution in [0, 0.1) is 10.8 Å². The number of carboxylic acid groups (broad SMARTS) is 1. The minimum absolute atomic E-state index is 0.169. The smallest absolute Gasteiger partial charge is 0.426 e. The Balaban J connectivity index is 1.41. The fourth-order valence-corrected chi connectivity index (χ4v) is 6.30. The number of hydrogen-bond acceptors (Lipinski definition) is 8. The van der Waals surface area contributed by atoms with E-state index in [0.717, 1.165) is 10.5 Å². The van der Waals surface area contributed by atoms with Crippen molar-refractivity contribution in [1.82, 2.24) is 20.2 Å². The fraction of sp³-hybridized carbons (Fsp3) is 0.467. The van der Waals surface area contributed by atoms with Crippen LogP contribution in [0.15, 0.2) is 54.6 Å². The minimum atomic E-state index is -4.94. The maximum atomic E-state index is 14.8. The number of nitrogens with two attached hydrogens (primary N) is 1. The summed E-state index contributed by atoms with van der Waals surface area (Å²) in [5, 5.41) is 12.4. The zero-order valence-corrected chi connectivity index (χ0v) is 24.0. The lowest BCUT2D eigenvalue weighted by molar-refractivity contribution is -0.224. The molecule has 13 heteroatoms. The summed E-state index contributed by atoms with van der Waals surface area (Å²) >= 11 is 0. The molecular formula is C30H35F3N6O4. The van der Waals surface area contributed by atoms with Gasteiger partial charge in [0, 0.05) is 39.8 Å². The van der Waals surface area contributed by atoms with E-state index in [0.29, 0.717) is 50.3 Å². The second kappa shape index (κ2) is 11.5. The lowest BCUT2D eigenvalue weighted by Gasteiger charge is -2.40. The monoisotopic (exact) mass is 600 g/mol. The maximum Gasteiger partial charge on any atom is 0.426 e. The first kappa shape index (κ1) is 30.3. The Morgan fingerprint density at radius 1 is 1.19 bits per heavy atom. The molecule has 2 aromatic rings. The number of nitrogens with zero attached hydrogens (tertiary/aromatic N) is 4. The van der Waals surface area contributed by atoms with E-state index < -0.39 is 41.5 Å². The summed E-state index contributed by atoms with van der Waals surface area (Å²) in [6.07, 6.45) is -1.46. The third-order valence-corrected chi connectivity index (χ3v) is 8.65. The van der Waals surface area contributed by atoms with Crippen LogP contribution in [0.4, 0.5) is 24.9 Å². The summed E-state index contributed by atoms with van der Waals surface area (Å²) in [5.41, 5.74) is 5.20. The highest BCUT2D eigenvalue weighted by molar-refractivity contribution is 5.88. The van der Waals surface area contributed by atoms with Crippen molar-refractivity contribution in [3.63, 3.8) is 0 Å². The van der Waals surface area contributed by atoms with Crippen molar-refractivity contribution in [1.29, 1.82) is 0 Å². The molecule has 5 rings (SSSR count). The molecule has 0 radical (unpaired) electrons. The van der Waals surface area contributed by atoms with Crippen LogP contribution in [-0.4, -0.2) is 83.9 Å². The highest BCUT2D eigenvalue weighted by Crippen LogP contribution is 2.46. The van der Waals surface area contributed by atoms with Crippen LogP contribution in [0.1, 0.15) is 31.2 Å². The molecule has 1 aliphatic carbocycles. The van der Waals surface area contributed by atoms with Crippen molar-refractivity contribution >= 4 is 29.2 Å². The van der Waals surface area contributed by atoms with Gasteiger partial charge in [-0.3, -0.25) is 9.59 Å². The average molecular weight is 601 g/mol. The molecule has 10 nitrogen and oxygen atoms in total. The number of aliphatic carboxylic acids is 1. The number of aromatic nitrogens is 2. The summed E-state index contributed by atoms with van der Waals surface area (Å²) < 4.78 is 50.0. The van der Waals surface area contributed by atoms with Crippen LogP contribution in [0.2, 0.25) is 0 Å². The minimum Gasteiger partial charge on any atom is -0.480 e. The number of halogens is 3. The molecule has 1 amide bonds.